The average molecular weight is 362 g/mol. The lowest BCUT2D eigenvalue weighted by Crippen LogP contribution is -2.31. The topological polar surface area (TPSA) is 34.5 Å². The van der Waals surface area contributed by atoms with Gasteiger partial charge in [-0.15, -0.1) is 0 Å². The summed E-state index contributed by atoms with van der Waals surface area (Å²) in [5.41, 5.74) is 0.624. The Hall–Kier alpha value is -2.21. The summed E-state index contributed by atoms with van der Waals surface area (Å²) in [6.45, 7) is 1.26. The zero-order valence-corrected chi connectivity index (χ0v) is 14.7. The monoisotopic (exact) mass is 362 g/mol. The molecule has 6 heteroatoms. The van der Waals surface area contributed by atoms with Crippen LogP contribution in [-0.2, 0) is 0 Å². The van der Waals surface area contributed by atoms with Gasteiger partial charge in [-0.25, -0.2) is 0 Å². The van der Waals surface area contributed by atoms with Crippen molar-refractivity contribution in [3.05, 3.63) is 52.9 Å². The highest BCUT2D eigenvalue weighted by Crippen LogP contribution is 2.22. The van der Waals surface area contributed by atoms with E-state index in [2.05, 4.69) is 4.90 Å². The summed E-state index contributed by atoms with van der Waals surface area (Å²) < 4.78 is 31.9. The first-order valence-corrected chi connectivity index (χ1v) is 9.09. The quantitative estimate of drug-likeness (QED) is 0.694. The first-order chi connectivity index (χ1) is 12.6. The molecule has 0 radical (unpaired) electrons. The summed E-state index contributed by atoms with van der Waals surface area (Å²) in [6, 6.07) is 10.00. The minimum absolute atomic E-state index is 0.431. The summed E-state index contributed by atoms with van der Waals surface area (Å²) in [7, 11) is 0. The molecular weight excluding hydrogens is 338 g/mol. The second kappa shape index (κ2) is 8.94. The van der Waals surface area contributed by atoms with Crippen molar-refractivity contribution in [3.63, 3.8) is 0 Å². The fraction of sp³-hybridized carbons (Fsp3) is 0.450. The Bertz CT molecular complexity index is 753. The van der Waals surface area contributed by atoms with Gasteiger partial charge in [-0.2, -0.15) is 8.78 Å². The van der Waals surface area contributed by atoms with Gasteiger partial charge in [-0.05, 0) is 61.7 Å². The molecule has 140 valence electrons. The molecule has 0 unspecified atom stereocenters. The SMILES string of the molecule is O=c1ccc(-c2ccc(OCCCN3CCCCC3)cc2)cn1C(F)F. The van der Waals surface area contributed by atoms with Crippen molar-refractivity contribution in [3.8, 4) is 16.9 Å². The van der Waals surface area contributed by atoms with E-state index in [1.165, 1.54) is 38.5 Å². The molecule has 0 N–H and O–H groups in total. The molecule has 0 bridgehead atoms. The van der Waals surface area contributed by atoms with Gasteiger partial charge >= 0.3 is 6.55 Å². The van der Waals surface area contributed by atoms with Crippen LogP contribution in [0.4, 0.5) is 8.78 Å². The van der Waals surface area contributed by atoms with Crippen LogP contribution >= 0.6 is 0 Å². The number of pyridine rings is 1. The number of rotatable bonds is 7. The molecule has 4 nitrogen and oxygen atoms in total. The van der Waals surface area contributed by atoms with E-state index in [-0.39, 0.29) is 0 Å². The molecule has 0 spiro atoms. The zero-order chi connectivity index (χ0) is 18.4. The fourth-order valence-corrected chi connectivity index (χ4v) is 3.23. The smallest absolute Gasteiger partial charge is 0.321 e. The number of aromatic nitrogens is 1. The van der Waals surface area contributed by atoms with Crippen LogP contribution in [0.1, 0.15) is 32.2 Å². The van der Waals surface area contributed by atoms with Gasteiger partial charge in [0.25, 0.3) is 5.56 Å². The third-order valence-corrected chi connectivity index (χ3v) is 4.67. The molecule has 1 saturated heterocycles. The van der Waals surface area contributed by atoms with Crippen molar-refractivity contribution < 1.29 is 13.5 Å². The van der Waals surface area contributed by atoms with Crippen LogP contribution in [0.3, 0.4) is 0 Å². The number of piperidine rings is 1. The van der Waals surface area contributed by atoms with E-state index >= 15 is 0 Å². The highest BCUT2D eigenvalue weighted by atomic mass is 19.3. The number of hydrogen-bond acceptors (Lipinski definition) is 3. The molecule has 2 heterocycles. The average Bonchev–Trinajstić information content (AvgIpc) is 2.67. The van der Waals surface area contributed by atoms with Crippen LogP contribution in [-0.4, -0.2) is 35.7 Å². The number of likely N-dealkylation sites (tertiary alicyclic amines) is 1. The van der Waals surface area contributed by atoms with E-state index in [0.29, 0.717) is 16.7 Å². The zero-order valence-electron chi connectivity index (χ0n) is 14.7. The molecule has 2 aromatic rings. The molecule has 1 aliphatic heterocycles. The largest absolute Gasteiger partial charge is 0.494 e. The van der Waals surface area contributed by atoms with E-state index in [0.717, 1.165) is 30.3 Å². The maximum atomic E-state index is 12.8. The Kier molecular flexibility index (Phi) is 6.39. The lowest BCUT2D eigenvalue weighted by atomic mass is 10.1. The predicted molar refractivity (Wildman–Crippen MR) is 97.8 cm³/mol. The van der Waals surface area contributed by atoms with E-state index < -0.39 is 12.1 Å². The maximum absolute atomic E-state index is 12.8. The Morgan fingerprint density at radius 1 is 0.962 bits per heavy atom. The van der Waals surface area contributed by atoms with Gasteiger partial charge in [-0.1, -0.05) is 18.6 Å². The van der Waals surface area contributed by atoms with Crippen LogP contribution in [0, 0.1) is 0 Å². The molecule has 26 heavy (non-hydrogen) atoms. The third kappa shape index (κ3) is 4.91. The molecule has 1 fully saturated rings. The lowest BCUT2D eigenvalue weighted by molar-refractivity contribution is 0.0665. The summed E-state index contributed by atoms with van der Waals surface area (Å²) >= 11 is 0. The summed E-state index contributed by atoms with van der Waals surface area (Å²) in [5, 5.41) is 0. The summed E-state index contributed by atoms with van der Waals surface area (Å²) in [6.07, 6.45) is 6.10. The van der Waals surface area contributed by atoms with Gasteiger partial charge in [0.15, 0.2) is 0 Å². The van der Waals surface area contributed by atoms with Gasteiger partial charge in [0.2, 0.25) is 0 Å². The molecule has 1 aliphatic rings. The van der Waals surface area contributed by atoms with Gasteiger partial charge in [-0.3, -0.25) is 9.36 Å². The molecule has 0 aliphatic carbocycles. The number of hydrogen-bond donors (Lipinski definition) is 0. The molecule has 0 saturated carbocycles. The molecule has 0 amide bonds. The molecule has 1 aromatic carbocycles. The van der Waals surface area contributed by atoms with Crippen LogP contribution in [0.5, 0.6) is 5.75 Å². The summed E-state index contributed by atoms with van der Waals surface area (Å²) in [5.74, 6) is 0.759. The van der Waals surface area contributed by atoms with Gasteiger partial charge in [0.1, 0.15) is 5.75 Å². The second-order valence-corrected chi connectivity index (χ2v) is 6.57. The predicted octanol–water partition coefficient (Wildman–Crippen LogP) is 4.17. The van der Waals surface area contributed by atoms with Gasteiger partial charge < -0.3 is 9.64 Å². The van der Waals surface area contributed by atoms with E-state index in [4.69, 9.17) is 4.74 Å². The summed E-state index contributed by atoms with van der Waals surface area (Å²) in [4.78, 5) is 13.9. The first-order valence-electron chi connectivity index (χ1n) is 9.09. The van der Waals surface area contributed by atoms with Crippen molar-refractivity contribution in [1.29, 1.82) is 0 Å². The highest BCUT2D eigenvalue weighted by molar-refractivity contribution is 5.63. The van der Waals surface area contributed by atoms with Crippen LogP contribution < -0.4 is 10.3 Å². The third-order valence-electron chi connectivity index (χ3n) is 4.67. The van der Waals surface area contributed by atoms with E-state index in [1.54, 1.807) is 6.07 Å². The van der Waals surface area contributed by atoms with E-state index in [1.807, 2.05) is 24.3 Å². The number of benzene rings is 1. The first kappa shape index (κ1) is 18.6. The number of halogens is 2. The van der Waals surface area contributed by atoms with Crippen LogP contribution in [0.15, 0.2) is 47.4 Å². The van der Waals surface area contributed by atoms with E-state index in [9.17, 15) is 13.6 Å². The van der Waals surface area contributed by atoms with Gasteiger partial charge in [0, 0.05) is 18.8 Å². The van der Waals surface area contributed by atoms with Gasteiger partial charge in [0.05, 0.1) is 6.61 Å². The van der Waals surface area contributed by atoms with Crippen molar-refractivity contribution >= 4 is 0 Å². The molecule has 0 atom stereocenters. The van der Waals surface area contributed by atoms with Crippen molar-refractivity contribution in [2.45, 2.75) is 32.2 Å². The highest BCUT2D eigenvalue weighted by Gasteiger charge is 2.10. The maximum Gasteiger partial charge on any atom is 0.321 e. The Labute approximate surface area is 152 Å². The minimum atomic E-state index is -2.84. The fourth-order valence-electron chi connectivity index (χ4n) is 3.23. The van der Waals surface area contributed by atoms with Crippen molar-refractivity contribution in [1.82, 2.24) is 9.47 Å². The molecule has 1 aromatic heterocycles. The van der Waals surface area contributed by atoms with Crippen LogP contribution in [0.2, 0.25) is 0 Å². The normalized spacial score (nSPS) is 15.3. The molecule has 3 rings (SSSR count). The number of nitrogens with zero attached hydrogens (tertiary/aromatic N) is 2. The Morgan fingerprint density at radius 2 is 1.65 bits per heavy atom. The minimum Gasteiger partial charge on any atom is -0.494 e. The second-order valence-electron chi connectivity index (χ2n) is 6.57. The van der Waals surface area contributed by atoms with Crippen LogP contribution in [0.25, 0.3) is 11.1 Å². The Morgan fingerprint density at radius 3 is 2.35 bits per heavy atom. The number of alkyl halides is 2. The number of ether oxygens (including phenoxy) is 1. The standard InChI is InChI=1S/C20H24F2N2O2/c21-20(22)24-15-17(7-10-19(24)25)16-5-8-18(9-6-16)26-14-4-13-23-11-2-1-3-12-23/h5-10,15,20H,1-4,11-14H2. The van der Waals surface area contributed by atoms with Crippen molar-refractivity contribution in [2.75, 3.05) is 26.2 Å². The van der Waals surface area contributed by atoms with Crippen molar-refractivity contribution in [2.24, 2.45) is 0 Å². The lowest BCUT2D eigenvalue weighted by Gasteiger charge is -2.26. The molecular formula is C20H24F2N2O2. The Balaban J connectivity index is 1.53.